The molecule has 6 heteroatoms. The highest BCUT2D eigenvalue weighted by atomic mass is 16.2. The van der Waals surface area contributed by atoms with Crippen molar-refractivity contribution in [3.63, 3.8) is 0 Å². The van der Waals surface area contributed by atoms with E-state index in [-0.39, 0.29) is 5.91 Å². The number of rotatable bonds is 6. The van der Waals surface area contributed by atoms with Gasteiger partial charge in [0.05, 0.1) is 11.3 Å². The molecule has 1 aromatic rings. The number of hydrogen-bond acceptors (Lipinski definition) is 4. The zero-order valence-electron chi connectivity index (χ0n) is 10.6. The maximum atomic E-state index is 11.9. The van der Waals surface area contributed by atoms with Crippen LogP contribution in [0.3, 0.4) is 0 Å². The molecular weight excluding hydrogens is 232 g/mol. The summed E-state index contributed by atoms with van der Waals surface area (Å²) in [6, 6.07) is 1.01. The summed E-state index contributed by atoms with van der Waals surface area (Å²) in [5, 5.41) is 5.65. The SMILES string of the molecule is CCCNc1ccncc1C(=O)NC(C)C(N)=O. The van der Waals surface area contributed by atoms with Crippen LogP contribution in [0, 0.1) is 0 Å². The number of pyridine rings is 1. The van der Waals surface area contributed by atoms with Crippen LogP contribution in [0.25, 0.3) is 0 Å². The molecule has 0 spiro atoms. The highest BCUT2D eigenvalue weighted by Gasteiger charge is 2.16. The molecular formula is C12H18N4O2. The number of carbonyl (C=O) groups excluding carboxylic acids is 2. The summed E-state index contributed by atoms with van der Waals surface area (Å²) in [6.45, 7) is 4.33. The molecule has 0 saturated carbocycles. The van der Waals surface area contributed by atoms with Crippen LogP contribution in [0.2, 0.25) is 0 Å². The Hall–Kier alpha value is -2.11. The van der Waals surface area contributed by atoms with Gasteiger partial charge in [-0.05, 0) is 19.4 Å². The minimum absolute atomic E-state index is 0.368. The Morgan fingerprint density at radius 3 is 2.83 bits per heavy atom. The summed E-state index contributed by atoms with van der Waals surface area (Å²) in [6.07, 6.45) is 4.01. The molecule has 0 radical (unpaired) electrons. The van der Waals surface area contributed by atoms with Gasteiger partial charge in [-0.1, -0.05) is 6.92 Å². The van der Waals surface area contributed by atoms with E-state index in [9.17, 15) is 9.59 Å². The lowest BCUT2D eigenvalue weighted by molar-refractivity contribution is -0.119. The number of anilines is 1. The Bertz CT molecular complexity index is 434. The molecule has 0 aromatic carbocycles. The van der Waals surface area contributed by atoms with Crippen molar-refractivity contribution in [2.75, 3.05) is 11.9 Å². The van der Waals surface area contributed by atoms with E-state index in [2.05, 4.69) is 15.6 Å². The molecule has 1 rings (SSSR count). The van der Waals surface area contributed by atoms with Crippen molar-refractivity contribution in [3.05, 3.63) is 24.0 Å². The quantitative estimate of drug-likeness (QED) is 0.685. The Labute approximate surface area is 106 Å². The van der Waals surface area contributed by atoms with Crippen LogP contribution >= 0.6 is 0 Å². The zero-order chi connectivity index (χ0) is 13.5. The van der Waals surface area contributed by atoms with Gasteiger partial charge in [0.15, 0.2) is 0 Å². The second kappa shape index (κ2) is 6.58. The molecule has 0 aliphatic carbocycles. The van der Waals surface area contributed by atoms with Gasteiger partial charge in [0, 0.05) is 18.9 Å². The lowest BCUT2D eigenvalue weighted by Gasteiger charge is -2.13. The molecule has 0 bridgehead atoms. The fourth-order valence-electron chi connectivity index (χ4n) is 1.33. The van der Waals surface area contributed by atoms with Crippen molar-refractivity contribution < 1.29 is 9.59 Å². The van der Waals surface area contributed by atoms with Gasteiger partial charge >= 0.3 is 0 Å². The summed E-state index contributed by atoms with van der Waals surface area (Å²) in [5.74, 6) is -0.941. The minimum Gasteiger partial charge on any atom is -0.384 e. The Balaban J connectivity index is 2.81. The second-order valence-corrected chi connectivity index (χ2v) is 3.95. The van der Waals surface area contributed by atoms with Gasteiger partial charge in [0.1, 0.15) is 6.04 Å². The molecule has 1 atom stereocenters. The predicted molar refractivity (Wildman–Crippen MR) is 69.1 cm³/mol. The van der Waals surface area contributed by atoms with Gasteiger partial charge in [0.25, 0.3) is 5.91 Å². The number of primary amides is 1. The van der Waals surface area contributed by atoms with E-state index in [1.807, 2.05) is 6.92 Å². The molecule has 2 amide bonds. The lowest BCUT2D eigenvalue weighted by Crippen LogP contribution is -2.42. The van der Waals surface area contributed by atoms with E-state index in [0.29, 0.717) is 11.3 Å². The fourth-order valence-corrected chi connectivity index (χ4v) is 1.33. The Morgan fingerprint density at radius 1 is 1.50 bits per heavy atom. The van der Waals surface area contributed by atoms with Gasteiger partial charge in [-0.2, -0.15) is 0 Å². The van der Waals surface area contributed by atoms with E-state index in [1.165, 1.54) is 13.1 Å². The minimum atomic E-state index is -0.711. The molecule has 4 N–H and O–H groups in total. The van der Waals surface area contributed by atoms with Crippen molar-refractivity contribution in [1.29, 1.82) is 0 Å². The lowest BCUT2D eigenvalue weighted by atomic mass is 10.2. The van der Waals surface area contributed by atoms with Crippen molar-refractivity contribution in [1.82, 2.24) is 10.3 Å². The molecule has 1 heterocycles. The number of carbonyl (C=O) groups is 2. The summed E-state index contributed by atoms with van der Waals surface area (Å²) in [4.78, 5) is 26.8. The summed E-state index contributed by atoms with van der Waals surface area (Å²) in [5.41, 5.74) is 6.19. The first-order valence-corrected chi connectivity index (χ1v) is 5.84. The number of nitrogens with one attached hydrogen (secondary N) is 2. The van der Waals surface area contributed by atoms with Crippen LogP contribution in [0.5, 0.6) is 0 Å². The molecule has 0 fully saturated rings. The molecule has 98 valence electrons. The third kappa shape index (κ3) is 3.73. The number of amides is 2. The van der Waals surface area contributed by atoms with Crippen LogP contribution in [0.1, 0.15) is 30.6 Å². The standard InChI is InChI=1S/C12H18N4O2/c1-3-5-15-10-4-6-14-7-9(10)12(18)16-8(2)11(13)17/h4,6-8H,3,5H2,1-2H3,(H2,13,17)(H,14,15)(H,16,18). The van der Waals surface area contributed by atoms with Gasteiger partial charge < -0.3 is 16.4 Å². The van der Waals surface area contributed by atoms with Crippen LogP contribution in [0.15, 0.2) is 18.5 Å². The highest BCUT2D eigenvalue weighted by Crippen LogP contribution is 2.13. The van der Waals surface area contributed by atoms with E-state index in [1.54, 1.807) is 12.3 Å². The van der Waals surface area contributed by atoms with Gasteiger partial charge in [-0.25, -0.2) is 0 Å². The van der Waals surface area contributed by atoms with Crippen LogP contribution in [-0.2, 0) is 4.79 Å². The Morgan fingerprint density at radius 2 is 2.22 bits per heavy atom. The number of hydrogen-bond donors (Lipinski definition) is 3. The Kier molecular flexibility index (Phi) is 5.10. The fraction of sp³-hybridized carbons (Fsp3) is 0.417. The maximum absolute atomic E-state index is 11.9. The van der Waals surface area contributed by atoms with Gasteiger partial charge in [-0.15, -0.1) is 0 Å². The van der Waals surface area contributed by atoms with Crippen molar-refractivity contribution in [3.8, 4) is 0 Å². The zero-order valence-corrected chi connectivity index (χ0v) is 10.6. The van der Waals surface area contributed by atoms with E-state index >= 15 is 0 Å². The van der Waals surface area contributed by atoms with Gasteiger partial charge in [-0.3, -0.25) is 14.6 Å². The molecule has 1 aromatic heterocycles. The molecule has 6 nitrogen and oxygen atoms in total. The molecule has 1 unspecified atom stereocenters. The number of nitrogens with two attached hydrogens (primary N) is 1. The summed E-state index contributed by atoms with van der Waals surface area (Å²) >= 11 is 0. The van der Waals surface area contributed by atoms with E-state index < -0.39 is 11.9 Å². The first-order chi connectivity index (χ1) is 8.56. The topological polar surface area (TPSA) is 97.1 Å². The first-order valence-electron chi connectivity index (χ1n) is 5.84. The number of aromatic nitrogens is 1. The molecule has 0 saturated heterocycles. The number of nitrogens with zero attached hydrogens (tertiary/aromatic N) is 1. The van der Waals surface area contributed by atoms with E-state index in [0.717, 1.165) is 13.0 Å². The average Bonchev–Trinajstić information content (AvgIpc) is 2.36. The third-order valence-electron chi connectivity index (χ3n) is 2.41. The van der Waals surface area contributed by atoms with Crippen molar-refractivity contribution in [2.45, 2.75) is 26.3 Å². The normalized spacial score (nSPS) is 11.7. The van der Waals surface area contributed by atoms with Crippen LogP contribution in [-0.4, -0.2) is 29.4 Å². The van der Waals surface area contributed by atoms with Crippen molar-refractivity contribution in [2.24, 2.45) is 5.73 Å². The molecule has 0 aliphatic rings. The molecule has 0 aliphatic heterocycles. The average molecular weight is 250 g/mol. The maximum Gasteiger partial charge on any atom is 0.255 e. The van der Waals surface area contributed by atoms with E-state index in [4.69, 9.17) is 5.73 Å². The summed E-state index contributed by atoms with van der Waals surface area (Å²) < 4.78 is 0. The molecule has 18 heavy (non-hydrogen) atoms. The third-order valence-corrected chi connectivity index (χ3v) is 2.41. The smallest absolute Gasteiger partial charge is 0.255 e. The van der Waals surface area contributed by atoms with Gasteiger partial charge in [0.2, 0.25) is 5.91 Å². The van der Waals surface area contributed by atoms with Crippen LogP contribution < -0.4 is 16.4 Å². The highest BCUT2D eigenvalue weighted by molar-refractivity contribution is 6.01. The largest absolute Gasteiger partial charge is 0.384 e. The van der Waals surface area contributed by atoms with Crippen molar-refractivity contribution >= 4 is 17.5 Å². The second-order valence-electron chi connectivity index (χ2n) is 3.95. The first kappa shape index (κ1) is 14.0. The predicted octanol–water partition coefficient (Wildman–Crippen LogP) is 0.507. The summed E-state index contributed by atoms with van der Waals surface area (Å²) in [7, 11) is 0. The van der Waals surface area contributed by atoms with Crippen LogP contribution in [0.4, 0.5) is 5.69 Å². The monoisotopic (exact) mass is 250 g/mol.